The Balaban J connectivity index is 1.59. The molecule has 1 aliphatic carbocycles. The molecule has 3 rings (SSSR count). The molecule has 1 saturated carbocycles. The standard InChI is InChI=1S/C16H24N4O4/c1-11-17-12(2)20(18-11)10-13-9-19(6-7-24-13)14(21)8-16(15(22)23)4-3-5-16/h13H,3-10H2,1-2H3,(H,22,23). The van der Waals surface area contributed by atoms with E-state index in [1.54, 1.807) is 9.58 Å². The van der Waals surface area contributed by atoms with Crippen molar-refractivity contribution in [1.29, 1.82) is 0 Å². The van der Waals surface area contributed by atoms with Gasteiger partial charge in [0.25, 0.3) is 0 Å². The highest BCUT2D eigenvalue weighted by atomic mass is 16.5. The van der Waals surface area contributed by atoms with Crippen LogP contribution in [0.2, 0.25) is 0 Å². The highest BCUT2D eigenvalue weighted by Gasteiger charge is 2.46. The van der Waals surface area contributed by atoms with Crippen LogP contribution < -0.4 is 0 Å². The van der Waals surface area contributed by atoms with Crippen molar-refractivity contribution >= 4 is 11.9 Å². The molecule has 2 heterocycles. The third-order valence-electron chi connectivity index (χ3n) is 5.08. The SMILES string of the molecule is Cc1nc(C)n(CC2CN(C(=O)CC3(C(=O)O)CCC3)CCO2)n1. The van der Waals surface area contributed by atoms with Crippen molar-refractivity contribution in [1.82, 2.24) is 19.7 Å². The average molecular weight is 336 g/mol. The Morgan fingerprint density at radius 2 is 2.12 bits per heavy atom. The Labute approximate surface area is 140 Å². The van der Waals surface area contributed by atoms with Gasteiger partial charge in [-0.3, -0.25) is 9.59 Å². The lowest BCUT2D eigenvalue weighted by Crippen LogP contribution is -2.50. The van der Waals surface area contributed by atoms with E-state index in [0.29, 0.717) is 44.9 Å². The van der Waals surface area contributed by atoms with Crippen LogP contribution in [-0.4, -0.2) is 62.4 Å². The van der Waals surface area contributed by atoms with Gasteiger partial charge in [0.15, 0.2) is 0 Å². The predicted molar refractivity (Wildman–Crippen MR) is 84.4 cm³/mol. The van der Waals surface area contributed by atoms with Crippen molar-refractivity contribution in [2.24, 2.45) is 5.41 Å². The number of carbonyl (C=O) groups excluding carboxylic acids is 1. The fourth-order valence-electron chi connectivity index (χ4n) is 3.45. The summed E-state index contributed by atoms with van der Waals surface area (Å²) in [6.45, 7) is 5.71. The maximum atomic E-state index is 12.6. The molecular formula is C16H24N4O4. The monoisotopic (exact) mass is 336 g/mol. The number of carbonyl (C=O) groups is 2. The maximum Gasteiger partial charge on any atom is 0.310 e. The number of aryl methyl sites for hydroxylation is 2. The van der Waals surface area contributed by atoms with Crippen molar-refractivity contribution in [2.45, 2.75) is 52.2 Å². The minimum absolute atomic E-state index is 0.0862. The molecule has 132 valence electrons. The Morgan fingerprint density at radius 1 is 1.38 bits per heavy atom. The molecule has 2 aliphatic rings. The number of aliphatic carboxylic acids is 1. The molecule has 0 spiro atoms. The van der Waals surface area contributed by atoms with Crippen LogP contribution in [0.3, 0.4) is 0 Å². The van der Waals surface area contributed by atoms with Crippen molar-refractivity contribution in [3.05, 3.63) is 11.6 Å². The topological polar surface area (TPSA) is 97.6 Å². The molecule has 1 N–H and O–H groups in total. The number of rotatable bonds is 5. The number of carboxylic acid groups (broad SMARTS) is 1. The predicted octanol–water partition coefficient (Wildman–Crippen LogP) is 0.767. The summed E-state index contributed by atoms with van der Waals surface area (Å²) in [4.78, 5) is 30.0. The van der Waals surface area contributed by atoms with Crippen LogP contribution in [0, 0.1) is 19.3 Å². The molecule has 8 nitrogen and oxygen atoms in total. The van der Waals surface area contributed by atoms with Crippen molar-refractivity contribution in [2.75, 3.05) is 19.7 Å². The van der Waals surface area contributed by atoms with Crippen LogP contribution in [0.5, 0.6) is 0 Å². The molecule has 8 heteroatoms. The number of morpholine rings is 1. The van der Waals surface area contributed by atoms with Gasteiger partial charge in [0.1, 0.15) is 11.6 Å². The first kappa shape index (κ1) is 16.9. The quantitative estimate of drug-likeness (QED) is 0.853. The van der Waals surface area contributed by atoms with Gasteiger partial charge < -0.3 is 14.7 Å². The normalized spacial score (nSPS) is 22.9. The second-order valence-electron chi connectivity index (χ2n) is 6.84. The number of aromatic nitrogens is 3. The van der Waals surface area contributed by atoms with Crippen LogP contribution in [0.15, 0.2) is 0 Å². The summed E-state index contributed by atoms with van der Waals surface area (Å²) in [6.07, 6.45) is 2.02. The second-order valence-corrected chi connectivity index (χ2v) is 6.84. The van der Waals surface area contributed by atoms with E-state index in [1.807, 2.05) is 13.8 Å². The van der Waals surface area contributed by atoms with E-state index in [0.717, 1.165) is 12.2 Å². The second kappa shape index (κ2) is 6.51. The van der Waals surface area contributed by atoms with Gasteiger partial charge in [0, 0.05) is 19.5 Å². The van der Waals surface area contributed by atoms with Crippen molar-refractivity contribution in [3.8, 4) is 0 Å². The zero-order valence-corrected chi connectivity index (χ0v) is 14.2. The summed E-state index contributed by atoms with van der Waals surface area (Å²) in [7, 11) is 0. The van der Waals surface area contributed by atoms with Crippen LogP contribution in [-0.2, 0) is 20.9 Å². The van der Waals surface area contributed by atoms with E-state index in [1.165, 1.54) is 0 Å². The molecule has 1 saturated heterocycles. The van der Waals surface area contributed by atoms with Crippen LogP contribution in [0.4, 0.5) is 0 Å². The van der Waals surface area contributed by atoms with Crippen LogP contribution >= 0.6 is 0 Å². The number of nitrogens with zero attached hydrogens (tertiary/aromatic N) is 4. The van der Waals surface area contributed by atoms with Gasteiger partial charge >= 0.3 is 5.97 Å². The highest BCUT2D eigenvalue weighted by molar-refractivity contribution is 5.85. The molecule has 0 radical (unpaired) electrons. The minimum atomic E-state index is -0.847. The molecule has 24 heavy (non-hydrogen) atoms. The minimum Gasteiger partial charge on any atom is -0.481 e. The molecule has 1 aromatic heterocycles. The van der Waals surface area contributed by atoms with Gasteiger partial charge in [-0.25, -0.2) is 9.67 Å². The fraction of sp³-hybridized carbons (Fsp3) is 0.750. The van der Waals surface area contributed by atoms with Crippen LogP contribution in [0.1, 0.15) is 37.3 Å². The fourth-order valence-corrected chi connectivity index (χ4v) is 3.45. The smallest absolute Gasteiger partial charge is 0.310 e. The van der Waals surface area contributed by atoms with E-state index in [4.69, 9.17) is 4.74 Å². The zero-order chi connectivity index (χ0) is 17.3. The molecule has 1 aliphatic heterocycles. The summed E-state index contributed by atoms with van der Waals surface area (Å²) >= 11 is 0. The van der Waals surface area contributed by atoms with E-state index in [9.17, 15) is 14.7 Å². The molecule has 0 bridgehead atoms. The van der Waals surface area contributed by atoms with Crippen molar-refractivity contribution < 1.29 is 19.4 Å². The van der Waals surface area contributed by atoms with Crippen LogP contribution in [0.25, 0.3) is 0 Å². The summed E-state index contributed by atoms with van der Waals surface area (Å²) in [5.74, 6) is 0.598. The van der Waals surface area contributed by atoms with E-state index in [2.05, 4.69) is 10.1 Å². The molecule has 1 aromatic rings. The summed E-state index contributed by atoms with van der Waals surface area (Å²) in [5, 5.41) is 13.7. The number of hydrogen-bond acceptors (Lipinski definition) is 5. The third kappa shape index (κ3) is 3.28. The van der Waals surface area contributed by atoms with Crippen molar-refractivity contribution in [3.63, 3.8) is 0 Å². The Kier molecular flexibility index (Phi) is 4.58. The molecule has 2 fully saturated rings. The van der Waals surface area contributed by atoms with Gasteiger partial charge in [-0.15, -0.1) is 0 Å². The number of carboxylic acids is 1. The van der Waals surface area contributed by atoms with Gasteiger partial charge in [0.2, 0.25) is 5.91 Å². The molecule has 1 unspecified atom stereocenters. The molecule has 1 atom stereocenters. The number of hydrogen-bond donors (Lipinski definition) is 1. The first-order valence-electron chi connectivity index (χ1n) is 8.40. The first-order valence-corrected chi connectivity index (χ1v) is 8.40. The maximum absolute atomic E-state index is 12.6. The van der Waals surface area contributed by atoms with E-state index < -0.39 is 11.4 Å². The summed E-state index contributed by atoms with van der Waals surface area (Å²) in [5.41, 5.74) is -0.843. The summed E-state index contributed by atoms with van der Waals surface area (Å²) < 4.78 is 7.54. The van der Waals surface area contributed by atoms with Gasteiger partial charge in [0.05, 0.1) is 24.7 Å². The molecular weight excluding hydrogens is 312 g/mol. The first-order chi connectivity index (χ1) is 11.4. The lowest BCUT2D eigenvalue weighted by atomic mass is 9.66. The van der Waals surface area contributed by atoms with Gasteiger partial charge in [-0.05, 0) is 26.7 Å². The number of amides is 1. The Morgan fingerprint density at radius 3 is 2.67 bits per heavy atom. The summed E-state index contributed by atoms with van der Waals surface area (Å²) in [6, 6.07) is 0. The van der Waals surface area contributed by atoms with E-state index >= 15 is 0 Å². The molecule has 1 amide bonds. The van der Waals surface area contributed by atoms with Gasteiger partial charge in [-0.2, -0.15) is 5.10 Å². The molecule has 0 aromatic carbocycles. The third-order valence-corrected chi connectivity index (χ3v) is 5.08. The van der Waals surface area contributed by atoms with Gasteiger partial charge in [-0.1, -0.05) is 6.42 Å². The average Bonchev–Trinajstić information content (AvgIpc) is 2.80. The Bertz CT molecular complexity index is 638. The lowest BCUT2D eigenvalue weighted by molar-refractivity contribution is -0.161. The Hall–Kier alpha value is -1.96. The largest absolute Gasteiger partial charge is 0.481 e. The number of ether oxygens (including phenoxy) is 1. The zero-order valence-electron chi connectivity index (χ0n) is 14.2. The lowest BCUT2D eigenvalue weighted by Gasteiger charge is -2.40. The highest BCUT2D eigenvalue weighted by Crippen LogP contribution is 2.44. The van der Waals surface area contributed by atoms with E-state index in [-0.39, 0.29) is 18.4 Å².